The normalized spacial score (nSPS) is 14.8. The number of methoxy groups -OCH3 is 2. The van der Waals surface area contributed by atoms with Gasteiger partial charge in [0.25, 0.3) is 5.91 Å². The fraction of sp³-hybridized carbons (Fsp3) is 0.579. The van der Waals surface area contributed by atoms with Crippen LogP contribution in [0.25, 0.3) is 0 Å². The van der Waals surface area contributed by atoms with Crippen molar-refractivity contribution >= 4 is 11.9 Å². The molecule has 1 aromatic carbocycles. The Morgan fingerprint density at radius 3 is 2.19 bits per heavy atom. The molecule has 0 aliphatic carbocycles. The van der Waals surface area contributed by atoms with E-state index in [0.29, 0.717) is 49.8 Å². The standard InChI is InChI=1S/C19H29N3O4/c1-19(2,3)13-20-18(24)22-10-8-21(9-11-22)17(23)15-7-6-14(25-4)12-16(15)26-5/h6-7,12H,8-11,13H2,1-5H3,(H,20,24). The number of rotatable bonds is 4. The molecule has 0 atom stereocenters. The van der Waals surface area contributed by atoms with Gasteiger partial charge in [0.05, 0.1) is 19.8 Å². The van der Waals surface area contributed by atoms with Crippen LogP contribution < -0.4 is 14.8 Å². The molecule has 0 aromatic heterocycles. The number of carbonyl (C=O) groups excluding carboxylic acids is 2. The maximum Gasteiger partial charge on any atom is 0.317 e. The lowest BCUT2D eigenvalue weighted by molar-refractivity contribution is 0.0660. The summed E-state index contributed by atoms with van der Waals surface area (Å²) in [5.74, 6) is 1.03. The Balaban J connectivity index is 1.95. The third kappa shape index (κ3) is 5.03. The third-order valence-electron chi connectivity index (χ3n) is 4.26. The number of nitrogens with zero attached hydrogens (tertiary/aromatic N) is 2. The Morgan fingerprint density at radius 2 is 1.65 bits per heavy atom. The van der Waals surface area contributed by atoms with Crippen LogP contribution in [0.15, 0.2) is 18.2 Å². The lowest BCUT2D eigenvalue weighted by Crippen LogP contribution is -2.53. The molecule has 144 valence electrons. The first-order chi connectivity index (χ1) is 12.2. The van der Waals surface area contributed by atoms with Gasteiger partial charge in [0.1, 0.15) is 11.5 Å². The molecule has 2 rings (SSSR count). The van der Waals surface area contributed by atoms with Gasteiger partial charge in [-0.2, -0.15) is 0 Å². The van der Waals surface area contributed by atoms with E-state index in [9.17, 15) is 9.59 Å². The number of piperazine rings is 1. The van der Waals surface area contributed by atoms with Crippen molar-refractivity contribution in [2.45, 2.75) is 20.8 Å². The molecular formula is C19H29N3O4. The molecule has 1 N–H and O–H groups in total. The van der Waals surface area contributed by atoms with Gasteiger partial charge in [-0.1, -0.05) is 20.8 Å². The van der Waals surface area contributed by atoms with Crippen molar-refractivity contribution in [1.29, 1.82) is 0 Å². The second kappa shape index (κ2) is 8.29. The summed E-state index contributed by atoms with van der Waals surface area (Å²) in [6.07, 6.45) is 0. The molecule has 1 heterocycles. The predicted octanol–water partition coefficient (Wildman–Crippen LogP) is 2.22. The van der Waals surface area contributed by atoms with Crippen LogP contribution in [0.2, 0.25) is 0 Å². The highest BCUT2D eigenvalue weighted by molar-refractivity contribution is 5.97. The topological polar surface area (TPSA) is 71.1 Å². The predicted molar refractivity (Wildman–Crippen MR) is 99.9 cm³/mol. The minimum atomic E-state index is -0.0979. The van der Waals surface area contributed by atoms with Crippen molar-refractivity contribution < 1.29 is 19.1 Å². The van der Waals surface area contributed by atoms with E-state index in [1.807, 2.05) is 0 Å². The second-order valence-electron chi connectivity index (χ2n) is 7.56. The zero-order chi connectivity index (χ0) is 19.3. The minimum Gasteiger partial charge on any atom is -0.497 e. The fourth-order valence-corrected chi connectivity index (χ4v) is 2.71. The van der Waals surface area contributed by atoms with Gasteiger partial charge < -0.3 is 24.6 Å². The summed E-state index contributed by atoms with van der Waals surface area (Å²) in [6, 6.07) is 5.08. The van der Waals surface area contributed by atoms with Crippen LogP contribution in [0.4, 0.5) is 4.79 Å². The van der Waals surface area contributed by atoms with Crippen LogP contribution in [0.1, 0.15) is 31.1 Å². The number of amides is 3. The molecule has 0 unspecified atom stereocenters. The summed E-state index contributed by atoms with van der Waals surface area (Å²) in [5.41, 5.74) is 0.539. The molecule has 1 aliphatic rings. The van der Waals surface area contributed by atoms with Crippen LogP contribution in [-0.2, 0) is 0 Å². The quantitative estimate of drug-likeness (QED) is 0.890. The summed E-state index contributed by atoms with van der Waals surface area (Å²) < 4.78 is 10.5. The molecule has 0 spiro atoms. The molecule has 26 heavy (non-hydrogen) atoms. The molecule has 1 saturated heterocycles. The van der Waals surface area contributed by atoms with E-state index in [0.717, 1.165) is 0 Å². The Morgan fingerprint density at radius 1 is 1.04 bits per heavy atom. The molecule has 1 aromatic rings. The molecule has 1 aliphatic heterocycles. The first kappa shape index (κ1) is 19.9. The van der Waals surface area contributed by atoms with Gasteiger partial charge in [-0.05, 0) is 17.5 Å². The average molecular weight is 363 g/mol. The zero-order valence-electron chi connectivity index (χ0n) is 16.3. The van der Waals surface area contributed by atoms with E-state index in [4.69, 9.17) is 9.47 Å². The van der Waals surface area contributed by atoms with Crippen LogP contribution in [0.3, 0.4) is 0 Å². The average Bonchev–Trinajstić information content (AvgIpc) is 2.64. The smallest absolute Gasteiger partial charge is 0.317 e. The number of nitrogens with one attached hydrogen (secondary N) is 1. The highest BCUT2D eigenvalue weighted by Gasteiger charge is 2.27. The van der Waals surface area contributed by atoms with Gasteiger partial charge in [-0.3, -0.25) is 4.79 Å². The monoisotopic (exact) mass is 363 g/mol. The summed E-state index contributed by atoms with van der Waals surface area (Å²) in [5, 5.41) is 2.95. The Bertz CT molecular complexity index is 647. The largest absolute Gasteiger partial charge is 0.497 e. The molecular weight excluding hydrogens is 334 g/mol. The maximum atomic E-state index is 12.8. The molecule has 3 amide bonds. The number of hydrogen-bond donors (Lipinski definition) is 1. The van der Waals surface area contributed by atoms with E-state index in [1.165, 1.54) is 7.11 Å². The first-order valence-corrected chi connectivity index (χ1v) is 8.79. The van der Waals surface area contributed by atoms with E-state index in [-0.39, 0.29) is 17.4 Å². The zero-order valence-corrected chi connectivity index (χ0v) is 16.3. The molecule has 0 saturated carbocycles. The molecule has 0 bridgehead atoms. The van der Waals surface area contributed by atoms with E-state index in [1.54, 1.807) is 35.1 Å². The molecule has 7 heteroatoms. The second-order valence-corrected chi connectivity index (χ2v) is 7.56. The van der Waals surface area contributed by atoms with Crippen LogP contribution in [0.5, 0.6) is 11.5 Å². The lowest BCUT2D eigenvalue weighted by atomic mass is 9.97. The molecule has 0 radical (unpaired) electrons. The number of ether oxygens (including phenoxy) is 2. The maximum absolute atomic E-state index is 12.8. The summed E-state index contributed by atoms with van der Waals surface area (Å²) in [7, 11) is 3.10. The summed E-state index contributed by atoms with van der Waals surface area (Å²) in [6.45, 7) is 8.87. The lowest BCUT2D eigenvalue weighted by Gasteiger charge is -2.35. The van der Waals surface area contributed by atoms with Crippen molar-refractivity contribution in [1.82, 2.24) is 15.1 Å². The third-order valence-corrected chi connectivity index (χ3v) is 4.26. The van der Waals surface area contributed by atoms with Gasteiger partial charge in [-0.15, -0.1) is 0 Å². The van der Waals surface area contributed by atoms with Crippen molar-refractivity contribution in [3.8, 4) is 11.5 Å². The van der Waals surface area contributed by atoms with Crippen LogP contribution in [0, 0.1) is 5.41 Å². The van der Waals surface area contributed by atoms with Gasteiger partial charge in [0, 0.05) is 38.8 Å². The highest BCUT2D eigenvalue weighted by atomic mass is 16.5. The van der Waals surface area contributed by atoms with Gasteiger partial charge >= 0.3 is 6.03 Å². The minimum absolute atomic E-state index is 0.0400. The van der Waals surface area contributed by atoms with Crippen molar-refractivity contribution in [3.63, 3.8) is 0 Å². The van der Waals surface area contributed by atoms with Crippen molar-refractivity contribution in [2.24, 2.45) is 5.41 Å². The Hall–Kier alpha value is -2.44. The van der Waals surface area contributed by atoms with Crippen LogP contribution in [-0.4, -0.2) is 68.7 Å². The fourth-order valence-electron chi connectivity index (χ4n) is 2.71. The Kier molecular flexibility index (Phi) is 6.34. The SMILES string of the molecule is COc1ccc(C(=O)N2CCN(C(=O)NCC(C)(C)C)CC2)c(OC)c1. The van der Waals surface area contributed by atoms with Crippen molar-refractivity contribution in [2.75, 3.05) is 46.9 Å². The van der Waals surface area contributed by atoms with Gasteiger partial charge in [0.15, 0.2) is 0 Å². The van der Waals surface area contributed by atoms with Gasteiger partial charge in [-0.25, -0.2) is 4.79 Å². The number of carbonyl (C=O) groups is 2. The number of urea groups is 1. The number of hydrogen-bond acceptors (Lipinski definition) is 4. The van der Waals surface area contributed by atoms with Crippen molar-refractivity contribution in [3.05, 3.63) is 23.8 Å². The molecule has 7 nitrogen and oxygen atoms in total. The summed E-state index contributed by atoms with van der Waals surface area (Å²) in [4.78, 5) is 28.5. The molecule has 1 fully saturated rings. The first-order valence-electron chi connectivity index (χ1n) is 8.79. The van der Waals surface area contributed by atoms with Crippen LogP contribution >= 0.6 is 0 Å². The van der Waals surface area contributed by atoms with Gasteiger partial charge in [0.2, 0.25) is 0 Å². The highest BCUT2D eigenvalue weighted by Crippen LogP contribution is 2.26. The number of benzene rings is 1. The Labute approximate surface area is 155 Å². The van der Waals surface area contributed by atoms with E-state index >= 15 is 0 Å². The summed E-state index contributed by atoms with van der Waals surface area (Å²) >= 11 is 0. The van der Waals surface area contributed by atoms with E-state index in [2.05, 4.69) is 26.1 Å². The van der Waals surface area contributed by atoms with E-state index < -0.39 is 0 Å².